The Morgan fingerprint density at radius 1 is 1.19 bits per heavy atom. The van der Waals surface area contributed by atoms with E-state index >= 15 is 0 Å². The second-order valence-electron chi connectivity index (χ2n) is 5.69. The predicted molar refractivity (Wildman–Crippen MR) is 103 cm³/mol. The maximum atomic E-state index is 5.37. The van der Waals surface area contributed by atoms with Gasteiger partial charge in [0.1, 0.15) is 5.75 Å². The van der Waals surface area contributed by atoms with Gasteiger partial charge in [0.2, 0.25) is 0 Å². The van der Waals surface area contributed by atoms with Gasteiger partial charge in [0.15, 0.2) is 5.96 Å². The number of nitrogens with one attached hydrogen (secondary N) is 2. The first-order valence-corrected chi connectivity index (χ1v) is 9.02. The molecular weight excluding hydrogens is 330 g/mol. The molecule has 7 nitrogen and oxygen atoms in total. The first-order valence-electron chi connectivity index (χ1n) is 9.02. The Bertz CT molecular complexity index is 626. The lowest BCUT2D eigenvalue weighted by Gasteiger charge is -2.13. The lowest BCUT2D eigenvalue weighted by atomic mass is 10.2. The van der Waals surface area contributed by atoms with Crippen LogP contribution >= 0.6 is 0 Å². The van der Waals surface area contributed by atoms with Gasteiger partial charge in [-0.1, -0.05) is 12.1 Å². The molecule has 0 bridgehead atoms. The second-order valence-corrected chi connectivity index (χ2v) is 5.69. The fourth-order valence-corrected chi connectivity index (χ4v) is 2.32. The van der Waals surface area contributed by atoms with E-state index in [1.165, 1.54) is 0 Å². The summed E-state index contributed by atoms with van der Waals surface area (Å²) in [4.78, 5) is 4.67. The highest BCUT2D eigenvalue weighted by Gasteiger charge is 2.00. The Balaban J connectivity index is 1.84. The van der Waals surface area contributed by atoms with E-state index in [4.69, 9.17) is 9.47 Å². The van der Waals surface area contributed by atoms with Crippen LogP contribution in [0.3, 0.4) is 0 Å². The van der Waals surface area contributed by atoms with Crippen molar-refractivity contribution < 1.29 is 9.47 Å². The number of aromatic nitrogens is 2. The Morgan fingerprint density at radius 2 is 2.00 bits per heavy atom. The van der Waals surface area contributed by atoms with Crippen molar-refractivity contribution in [3.05, 3.63) is 48.3 Å². The lowest BCUT2D eigenvalue weighted by Crippen LogP contribution is -2.39. The molecule has 0 aliphatic rings. The third kappa shape index (κ3) is 7.57. The molecule has 7 heteroatoms. The van der Waals surface area contributed by atoms with Crippen LogP contribution in [0.15, 0.2) is 47.7 Å². The third-order valence-electron chi connectivity index (χ3n) is 3.73. The molecule has 2 N–H and O–H groups in total. The smallest absolute Gasteiger partial charge is 0.191 e. The van der Waals surface area contributed by atoms with E-state index in [0.29, 0.717) is 6.54 Å². The van der Waals surface area contributed by atoms with Gasteiger partial charge < -0.3 is 20.1 Å². The number of methoxy groups -OCH3 is 1. The van der Waals surface area contributed by atoms with E-state index in [0.717, 1.165) is 56.5 Å². The highest BCUT2D eigenvalue weighted by atomic mass is 16.5. The summed E-state index contributed by atoms with van der Waals surface area (Å²) in [5.41, 5.74) is 1.13. The van der Waals surface area contributed by atoms with E-state index in [2.05, 4.69) is 20.7 Å². The number of ether oxygens (including phenoxy) is 2. The van der Waals surface area contributed by atoms with E-state index in [1.807, 2.05) is 48.1 Å². The van der Waals surface area contributed by atoms with Gasteiger partial charge in [0, 0.05) is 38.7 Å². The fourth-order valence-electron chi connectivity index (χ4n) is 2.32. The summed E-state index contributed by atoms with van der Waals surface area (Å²) in [6.07, 6.45) is 4.67. The zero-order valence-corrected chi connectivity index (χ0v) is 15.6. The molecule has 2 rings (SSSR count). The highest BCUT2D eigenvalue weighted by Crippen LogP contribution is 2.11. The van der Waals surface area contributed by atoms with Gasteiger partial charge in [0.25, 0.3) is 0 Å². The standard InChI is InChI=1S/C19H29N5O2/c1-3-26-15-5-10-20-19(21-12-14-24-13-4-11-23-24)22-16-17-6-8-18(25-2)9-7-17/h4,6-9,11,13H,3,5,10,12,14-16H2,1-2H3,(H2,20,21,22). The largest absolute Gasteiger partial charge is 0.497 e. The molecule has 0 atom stereocenters. The van der Waals surface area contributed by atoms with Crippen molar-refractivity contribution >= 4 is 5.96 Å². The van der Waals surface area contributed by atoms with Gasteiger partial charge in [0.05, 0.1) is 20.2 Å². The summed E-state index contributed by atoms with van der Waals surface area (Å²) in [5, 5.41) is 10.9. The molecule has 2 aromatic rings. The topological polar surface area (TPSA) is 72.7 Å². The Kier molecular flexibility index (Phi) is 9.07. The van der Waals surface area contributed by atoms with Crippen LogP contribution in [0.5, 0.6) is 5.75 Å². The van der Waals surface area contributed by atoms with Gasteiger partial charge >= 0.3 is 0 Å². The molecule has 1 aromatic carbocycles. The quantitative estimate of drug-likeness (QED) is 0.365. The van der Waals surface area contributed by atoms with E-state index < -0.39 is 0 Å². The number of benzene rings is 1. The Morgan fingerprint density at radius 3 is 2.69 bits per heavy atom. The number of hydrogen-bond acceptors (Lipinski definition) is 4. The van der Waals surface area contributed by atoms with Crippen LogP contribution in [-0.4, -0.2) is 49.2 Å². The van der Waals surface area contributed by atoms with Gasteiger partial charge in [-0.2, -0.15) is 5.10 Å². The third-order valence-corrected chi connectivity index (χ3v) is 3.73. The SMILES string of the molecule is CCOCCCNC(=NCc1ccc(OC)cc1)NCCn1cccn1. The van der Waals surface area contributed by atoms with Crippen LogP contribution < -0.4 is 15.4 Å². The minimum absolute atomic E-state index is 0.604. The van der Waals surface area contributed by atoms with Crippen LogP contribution in [0.4, 0.5) is 0 Å². The van der Waals surface area contributed by atoms with Gasteiger partial charge in [-0.25, -0.2) is 4.99 Å². The van der Waals surface area contributed by atoms with Gasteiger partial charge in [-0.15, -0.1) is 0 Å². The molecular formula is C19H29N5O2. The predicted octanol–water partition coefficient (Wildman–Crippen LogP) is 2.05. The summed E-state index contributed by atoms with van der Waals surface area (Å²) in [7, 11) is 1.67. The van der Waals surface area contributed by atoms with Gasteiger partial charge in [-0.05, 0) is 37.1 Å². The van der Waals surface area contributed by atoms with Crippen molar-refractivity contribution in [3.63, 3.8) is 0 Å². The number of guanidine groups is 1. The molecule has 0 saturated heterocycles. The van der Waals surface area contributed by atoms with Gasteiger partial charge in [-0.3, -0.25) is 4.68 Å². The van der Waals surface area contributed by atoms with E-state index in [1.54, 1.807) is 13.3 Å². The number of rotatable bonds is 11. The highest BCUT2D eigenvalue weighted by molar-refractivity contribution is 5.79. The first-order chi connectivity index (χ1) is 12.8. The molecule has 0 aliphatic heterocycles. The zero-order chi connectivity index (χ0) is 18.5. The lowest BCUT2D eigenvalue weighted by molar-refractivity contribution is 0.145. The van der Waals surface area contributed by atoms with Crippen LogP contribution in [-0.2, 0) is 17.8 Å². The number of aliphatic imine (C=N–C) groups is 1. The van der Waals surface area contributed by atoms with E-state index in [-0.39, 0.29) is 0 Å². The molecule has 0 fully saturated rings. The molecule has 1 aromatic heterocycles. The first kappa shape index (κ1) is 19.8. The molecule has 26 heavy (non-hydrogen) atoms. The normalized spacial score (nSPS) is 11.4. The molecule has 142 valence electrons. The molecule has 1 heterocycles. The summed E-state index contributed by atoms with van der Waals surface area (Å²) < 4.78 is 12.5. The van der Waals surface area contributed by atoms with Crippen LogP contribution in [0.25, 0.3) is 0 Å². The monoisotopic (exact) mass is 359 g/mol. The Hall–Kier alpha value is -2.54. The van der Waals surface area contributed by atoms with Crippen molar-refractivity contribution in [2.45, 2.75) is 26.4 Å². The molecule has 0 amide bonds. The molecule has 0 saturated carbocycles. The second kappa shape index (κ2) is 11.9. The van der Waals surface area contributed by atoms with Crippen molar-refractivity contribution in [3.8, 4) is 5.75 Å². The van der Waals surface area contributed by atoms with Crippen molar-refractivity contribution in [1.82, 2.24) is 20.4 Å². The number of hydrogen-bond donors (Lipinski definition) is 2. The summed E-state index contributed by atoms with van der Waals surface area (Å²) in [6.45, 7) is 6.47. The zero-order valence-electron chi connectivity index (χ0n) is 15.6. The van der Waals surface area contributed by atoms with Crippen LogP contribution in [0.2, 0.25) is 0 Å². The maximum absolute atomic E-state index is 5.37. The summed E-state index contributed by atoms with van der Waals surface area (Å²) >= 11 is 0. The summed E-state index contributed by atoms with van der Waals surface area (Å²) in [5.74, 6) is 1.65. The van der Waals surface area contributed by atoms with Crippen molar-refractivity contribution in [2.24, 2.45) is 4.99 Å². The van der Waals surface area contributed by atoms with Crippen molar-refractivity contribution in [2.75, 3.05) is 33.4 Å². The Labute approximate surface area is 155 Å². The molecule has 0 unspecified atom stereocenters. The number of nitrogens with zero attached hydrogens (tertiary/aromatic N) is 3. The average molecular weight is 359 g/mol. The molecule has 0 radical (unpaired) electrons. The average Bonchev–Trinajstić information content (AvgIpc) is 3.19. The molecule has 0 spiro atoms. The van der Waals surface area contributed by atoms with Crippen LogP contribution in [0, 0.1) is 0 Å². The summed E-state index contributed by atoms with van der Waals surface area (Å²) in [6, 6.07) is 9.87. The molecule has 0 aliphatic carbocycles. The minimum Gasteiger partial charge on any atom is -0.497 e. The fraction of sp³-hybridized carbons (Fsp3) is 0.474. The maximum Gasteiger partial charge on any atom is 0.191 e. The minimum atomic E-state index is 0.604. The van der Waals surface area contributed by atoms with Crippen molar-refractivity contribution in [1.29, 1.82) is 0 Å². The van der Waals surface area contributed by atoms with E-state index in [9.17, 15) is 0 Å². The van der Waals surface area contributed by atoms with Crippen LogP contribution in [0.1, 0.15) is 18.9 Å².